The zero-order chi connectivity index (χ0) is 12.6. The van der Waals surface area contributed by atoms with Crippen molar-refractivity contribution in [1.29, 1.82) is 0 Å². The van der Waals surface area contributed by atoms with Crippen LogP contribution in [0.1, 0.15) is 28.8 Å². The van der Waals surface area contributed by atoms with Crippen molar-refractivity contribution in [3.8, 4) is 5.75 Å². The van der Waals surface area contributed by atoms with E-state index in [2.05, 4.69) is 3.07 Å². The van der Waals surface area contributed by atoms with E-state index < -0.39 is 18.9 Å². The zero-order valence-corrected chi connectivity index (χ0v) is 11.1. The van der Waals surface area contributed by atoms with Crippen molar-refractivity contribution < 1.29 is 21.9 Å². The van der Waals surface area contributed by atoms with Gasteiger partial charge in [0.1, 0.15) is 17.1 Å². The van der Waals surface area contributed by atoms with Gasteiger partial charge in [0.15, 0.2) is 23.0 Å². The monoisotopic (exact) mass is 350 g/mol. The first-order chi connectivity index (χ1) is 8.04. The summed E-state index contributed by atoms with van der Waals surface area (Å²) >= 11 is 1.38. The third kappa shape index (κ3) is 2.26. The van der Waals surface area contributed by atoms with Crippen molar-refractivity contribution in [3.63, 3.8) is 0 Å². The molecule has 1 aromatic rings. The van der Waals surface area contributed by atoms with Gasteiger partial charge in [-0.2, -0.15) is 0 Å². The fourth-order valence-electron chi connectivity index (χ4n) is 1.93. The van der Waals surface area contributed by atoms with Gasteiger partial charge in [-0.05, 0) is 17.5 Å². The summed E-state index contributed by atoms with van der Waals surface area (Å²) in [6.45, 7) is 1.88. The maximum atomic E-state index is 13.6. The molecule has 1 aliphatic heterocycles. The maximum Gasteiger partial charge on any atom is 0.523 e. The van der Waals surface area contributed by atoms with Gasteiger partial charge in [0.2, 0.25) is 0 Å². The molecule has 1 aliphatic rings. The minimum absolute atomic E-state index is 0.00453. The molecule has 0 unspecified atom stereocenters. The lowest BCUT2D eigenvalue weighted by Gasteiger charge is -2.26. The van der Waals surface area contributed by atoms with E-state index in [0.717, 1.165) is 0 Å². The molecule has 1 heterocycles. The quantitative estimate of drug-likeness (QED) is 0.624. The van der Waals surface area contributed by atoms with Crippen LogP contribution in [0.25, 0.3) is 0 Å². The van der Waals surface area contributed by atoms with Crippen LogP contribution < -0.4 is 4.65 Å². The first kappa shape index (κ1) is 12.6. The second-order valence-corrected chi connectivity index (χ2v) is 4.35. The molecule has 90 valence electrons. The second-order valence-electron chi connectivity index (χ2n) is 3.91. The maximum absolute atomic E-state index is 13.6. The van der Waals surface area contributed by atoms with Crippen molar-refractivity contribution >= 4 is 36.1 Å². The summed E-state index contributed by atoms with van der Waals surface area (Å²) in [5, 5.41) is 9.50. The topological polar surface area (TPSA) is 55.8 Å². The van der Waals surface area contributed by atoms with Crippen LogP contribution in [0.3, 0.4) is 0 Å². The molecule has 0 saturated carbocycles. The Labute approximate surface area is 112 Å². The lowest BCUT2D eigenvalue weighted by Crippen LogP contribution is -2.30. The van der Waals surface area contributed by atoms with Crippen LogP contribution in [-0.4, -0.2) is 18.1 Å². The Balaban J connectivity index is 2.59. The highest BCUT2D eigenvalue weighted by Crippen LogP contribution is 2.39. The molecular formula is C10H9BFIO4. The Bertz CT molecular complexity index is 468. The smallest absolute Gasteiger partial charge is 0.523 e. The highest BCUT2D eigenvalue weighted by molar-refractivity contribution is 14.1. The lowest BCUT2D eigenvalue weighted by atomic mass is 9.72. The molecule has 0 aromatic heterocycles. The molecule has 2 rings (SSSR count). The van der Waals surface area contributed by atoms with Crippen molar-refractivity contribution in [2.24, 2.45) is 0 Å². The highest BCUT2D eigenvalue weighted by Gasteiger charge is 2.34. The van der Waals surface area contributed by atoms with E-state index >= 15 is 0 Å². The van der Waals surface area contributed by atoms with Crippen LogP contribution in [0.15, 0.2) is 12.1 Å². The van der Waals surface area contributed by atoms with Crippen LogP contribution in [0.2, 0.25) is 6.32 Å². The number of rotatable bonds is 1. The summed E-state index contributed by atoms with van der Waals surface area (Å²) in [5.41, 5.74) is 0.441. The predicted molar refractivity (Wildman–Crippen MR) is 67.7 cm³/mol. The van der Waals surface area contributed by atoms with Crippen LogP contribution in [-0.2, 0) is 3.07 Å². The number of hydrogen-bond acceptors (Lipinski definition) is 4. The van der Waals surface area contributed by atoms with Gasteiger partial charge in [-0.3, -0.25) is 0 Å². The molecule has 1 N–H and O–H groups in total. The average molecular weight is 350 g/mol. The molecule has 7 heteroatoms. The van der Waals surface area contributed by atoms with E-state index in [1.807, 2.05) is 6.92 Å². The number of halogens is 2. The SMILES string of the molecule is C[C@H]1CB(O)Oc2c1ccc(F)c2C(=O)OI. The van der Waals surface area contributed by atoms with Crippen LogP contribution >= 0.6 is 23.0 Å². The minimum Gasteiger partial charge on any atom is -0.535 e. The van der Waals surface area contributed by atoms with E-state index in [1.54, 1.807) is 6.07 Å². The van der Waals surface area contributed by atoms with Gasteiger partial charge < -0.3 is 12.7 Å². The number of hydrogen-bond donors (Lipinski definition) is 1. The summed E-state index contributed by atoms with van der Waals surface area (Å²) in [6, 6.07) is 2.77. The summed E-state index contributed by atoms with van der Waals surface area (Å²) < 4.78 is 23.2. The number of carbonyl (C=O) groups is 1. The zero-order valence-electron chi connectivity index (χ0n) is 8.94. The molecule has 0 amide bonds. The van der Waals surface area contributed by atoms with Crippen LogP contribution in [0, 0.1) is 5.82 Å². The Morgan fingerprint density at radius 3 is 3.06 bits per heavy atom. The molecule has 4 nitrogen and oxygen atoms in total. The van der Waals surface area contributed by atoms with Gasteiger partial charge in [-0.1, -0.05) is 13.0 Å². The Morgan fingerprint density at radius 2 is 2.41 bits per heavy atom. The molecule has 1 aromatic carbocycles. The van der Waals surface area contributed by atoms with E-state index in [-0.39, 0.29) is 17.2 Å². The van der Waals surface area contributed by atoms with Gasteiger partial charge in [0, 0.05) is 6.32 Å². The summed E-state index contributed by atoms with van der Waals surface area (Å²) in [5.74, 6) is -1.46. The second kappa shape index (κ2) is 4.81. The molecule has 1 atom stereocenters. The fourth-order valence-corrected chi connectivity index (χ4v) is 2.15. The van der Waals surface area contributed by atoms with Gasteiger partial charge in [-0.15, -0.1) is 0 Å². The third-order valence-corrected chi connectivity index (χ3v) is 3.15. The van der Waals surface area contributed by atoms with E-state index in [9.17, 15) is 14.2 Å². The van der Waals surface area contributed by atoms with Crippen LogP contribution in [0.4, 0.5) is 4.39 Å². The summed E-state index contributed by atoms with van der Waals surface area (Å²) in [7, 11) is -1.03. The fraction of sp³-hybridized carbons (Fsp3) is 0.300. The van der Waals surface area contributed by atoms with Crippen molar-refractivity contribution in [3.05, 3.63) is 29.1 Å². The van der Waals surface area contributed by atoms with Gasteiger partial charge in [0.25, 0.3) is 0 Å². The minimum atomic E-state index is -1.03. The third-order valence-electron chi connectivity index (χ3n) is 2.75. The number of carbonyl (C=O) groups excluding carboxylic acids is 1. The van der Waals surface area contributed by atoms with E-state index in [1.165, 1.54) is 29.1 Å². The molecule has 0 fully saturated rings. The highest BCUT2D eigenvalue weighted by atomic mass is 127. The van der Waals surface area contributed by atoms with Gasteiger partial charge >= 0.3 is 13.1 Å². The Kier molecular flexibility index (Phi) is 3.57. The van der Waals surface area contributed by atoms with Crippen molar-refractivity contribution in [2.75, 3.05) is 0 Å². The van der Waals surface area contributed by atoms with Crippen molar-refractivity contribution in [1.82, 2.24) is 0 Å². The first-order valence-corrected chi connectivity index (χ1v) is 5.92. The first-order valence-electron chi connectivity index (χ1n) is 5.04. The largest absolute Gasteiger partial charge is 0.535 e. The van der Waals surface area contributed by atoms with E-state index in [4.69, 9.17) is 4.65 Å². The molecule has 17 heavy (non-hydrogen) atoms. The normalized spacial score (nSPS) is 18.4. The Morgan fingerprint density at radius 1 is 1.71 bits per heavy atom. The van der Waals surface area contributed by atoms with Crippen LogP contribution in [0.5, 0.6) is 5.75 Å². The molecular weight excluding hydrogens is 341 g/mol. The van der Waals surface area contributed by atoms with Gasteiger partial charge in [-0.25, -0.2) is 9.18 Å². The molecule has 0 spiro atoms. The molecule has 0 aliphatic carbocycles. The summed E-state index contributed by atoms with van der Waals surface area (Å²) in [6.07, 6.45) is 0.414. The number of benzene rings is 1. The lowest BCUT2D eigenvalue weighted by molar-refractivity contribution is 0.0793. The average Bonchev–Trinajstić information content (AvgIpc) is 2.27. The number of fused-ring (bicyclic) bond motifs is 1. The van der Waals surface area contributed by atoms with Gasteiger partial charge in [0.05, 0.1) is 0 Å². The molecule has 0 saturated heterocycles. The Hall–Kier alpha value is -0.825. The molecule has 0 radical (unpaired) electrons. The van der Waals surface area contributed by atoms with E-state index in [0.29, 0.717) is 11.9 Å². The standard InChI is InChI=1S/C10H9BFIO4/c1-5-4-11(15)16-9-6(5)2-3-7(12)8(9)10(14)17-13/h2-3,5,15H,4H2,1H3/t5-/m0/s1. The molecule has 0 bridgehead atoms. The van der Waals surface area contributed by atoms with Crippen molar-refractivity contribution in [2.45, 2.75) is 19.2 Å². The predicted octanol–water partition coefficient (Wildman–Crippen LogP) is 2.31. The summed E-state index contributed by atoms with van der Waals surface area (Å²) in [4.78, 5) is 11.5.